The Morgan fingerprint density at radius 3 is 1.72 bits per heavy atom. The molecule has 0 saturated heterocycles. The zero-order chi connectivity index (χ0) is 34.5. The van der Waals surface area contributed by atoms with Crippen LogP contribution in [0.1, 0.15) is 5.56 Å². The molecule has 11 aromatic rings. The fourth-order valence-electron chi connectivity index (χ4n) is 9.76. The lowest BCUT2D eigenvalue weighted by Gasteiger charge is -2.34. The SMILES string of the molecule is Cc1cc2c3c(c1)-n1c4c(ccc(N(c5ccccc5)c5ccccc5)c4c4oc5ccccc5c41)B3c1cccc3c4oc5ccccc5c4n-2c13. The van der Waals surface area contributed by atoms with Crippen molar-refractivity contribution in [3.8, 4) is 11.4 Å². The second kappa shape index (κ2) is 9.69. The summed E-state index contributed by atoms with van der Waals surface area (Å²) >= 11 is 0. The van der Waals surface area contributed by atoms with Gasteiger partial charge in [0, 0.05) is 38.9 Å². The van der Waals surface area contributed by atoms with Crippen LogP contribution in [0.2, 0.25) is 0 Å². The Hall–Kier alpha value is -6.92. The van der Waals surface area contributed by atoms with Gasteiger partial charge in [0.2, 0.25) is 0 Å². The highest BCUT2D eigenvalue weighted by Gasteiger charge is 2.43. The van der Waals surface area contributed by atoms with Crippen LogP contribution in [-0.2, 0) is 0 Å². The number of para-hydroxylation sites is 5. The second-order valence-corrected chi connectivity index (χ2v) is 14.5. The first kappa shape index (κ1) is 27.8. The maximum Gasteiger partial charge on any atom is 0.252 e. The first-order valence-corrected chi connectivity index (χ1v) is 18.2. The lowest BCUT2D eigenvalue weighted by Crippen LogP contribution is -2.59. The number of aromatic nitrogens is 2. The zero-order valence-electron chi connectivity index (χ0n) is 28.7. The quantitative estimate of drug-likeness (QED) is 0.175. The third-order valence-corrected chi connectivity index (χ3v) is 11.7. The average Bonchev–Trinajstić information content (AvgIpc) is 3.94. The molecule has 2 aliphatic rings. The number of anilines is 3. The Balaban J connectivity index is 1.23. The number of rotatable bonds is 3. The number of hydrogen-bond acceptors (Lipinski definition) is 3. The second-order valence-electron chi connectivity index (χ2n) is 14.5. The molecule has 0 fully saturated rings. The fraction of sp³-hybridized carbons (Fsp3) is 0.0213. The van der Waals surface area contributed by atoms with Crippen LogP contribution in [0, 0.1) is 6.92 Å². The molecule has 246 valence electrons. The van der Waals surface area contributed by atoms with E-state index in [2.05, 4.69) is 173 Å². The van der Waals surface area contributed by atoms with Gasteiger partial charge in [-0.25, -0.2) is 0 Å². The molecular weight excluding hydrogens is 649 g/mol. The fourth-order valence-corrected chi connectivity index (χ4v) is 9.76. The first-order valence-electron chi connectivity index (χ1n) is 18.2. The third kappa shape index (κ3) is 3.35. The molecule has 53 heavy (non-hydrogen) atoms. The summed E-state index contributed by atoms with van der Waals surface area (Å²) in [7, 11) is 0. The Labute approximate surface area is 303 Å². The van der Waals surface area contributed by atoms with E-state index in [0.29, 0.717) is 0 Å². The molecule has 0 bridgehead atoms. The highest BCUT2D eigenvalue weighted by Crippen LogP contribution is 2.48. The molecule has 7 aromatic carbocycles. The van der Waals surface area contributed by atoms with Gasteiger partial charge in [-0.3, -0.25) is 0 Å². The van der Waals surface area contributed by atoms with Gasteiger partial charge in [0.05, 0.1) is 22.1 Å². The molecule has 5 nitrogen and oxygen atoms in total. The Morgan fingerprint density at radius 2 is 1.04 bits per heavy atom. The molecule has 0 aliphatic carbocycles. The van der Waals surface area contributed by atoms with Gasteiger partial charge in [0.15, 0.2) is 11.2 Å². The largest absolute Gasteiger partial charge is 0.454 e. The molecule has 0 N–H and O–H groups in total. The minimum Gasteiger partial charge on any atom is -0.454 e. The summed E-state index contributed by atoms with van der Waals surface area (Å²) in [4.78, 5) is 2.37. The van der Waals surface area contributed by atoms with Gasteiger partial charge in [0.1, 0.15) is 22.2 Å². The maximum absolute atomic E-state index is 6.99. The minimum absolute atomic E-state index is 0.0123. The van der Waals surface area contributed by atoms with Crippen molar-refractivity contribution < 1.29 is 8.83 Å². The average molecular weight is 678 g/mol. The van der Waals surface area contributed by atoms with Crippen LogP contribution in [0.25, 0.3) is 77.3 Å². The number of fused-ring (bicyclic) bond motifs is 14. The topological polar surface area (TPSA) is 39.4 Å². The summed E-state index contributed by atoms with van der Waals surface area (Å²) in [5.74, 6) is 0. The predicted octanol–water partition coefficient (Wildman–Crippen LogP) is 10.3. The number of aryl methyl sites for hydroxylation is 1. The van der Waals surface area contributed by atoms with E-state index in [0.717, 1.165) is 72.0 Å². The summed E-state index contributed by atoms with van der Waals surface area (Å²) in [5.41, 5.74) is 19.1. The van der Waals surface area contributed by atoms with E-state index in [1.807, 2.05) is 0 Å². The van der Waals surface area contributed by atoms with Gasteiger partial charge >= 0.3 is 0 Å². The monoisotopic (exact) mass is 677 g/mol. The van der Waals surface area contributed by atoms with Crippen LogP contribution in [0.4, 0.5) is 17.1 Å². The molecule has 0 saturated carbocycles. The molecule has 0 atom stereocenters. The molecule has 0 spiro atoms. The summed E-state index contributed by atoms with van der Waals surface area (Å²) < 4.78 is 18.7. The Kier molecular flexibility index (Phi) is 5.08. The van der Waals surface area contributed by atoms with E-state index in [1.54, 1.807) is 0 Å². The number of hydrogen-bond donors (Lipinski definition) is 0. The Morgan fingerprint density at radius 1 is 0.491 bits per heavy atom. The molecule has 2 aliphatic heterocycles. The molecule has 6 heterocycles. The minimum atomic E-state index is 0.0123. The van der Waals surface area contributed by atoms with Crippen molar-refractivity contribution in [2.75, 3.05) is 4.90 Å². The van der Waals surface area contributed by atoms with E-state index < -0.39 is 0 Å². The molecule has 0 unspecified atom stereocenters. The van der Waals surface area contributed by atoms with Gasteiger partial charge in [-0.15, -0.1) is 0 Å². The molecule has 4 aromatic heterocycles. The van der Waals surface area contributed by atoms with Crippen molar-refractivity contribution in [3.05, 3.63) is 157 Å². The van der Waals surface area contributed by atoms with Crippen LogP contribution in [0.5, 0.6) is 0 Å². The molecular formula is C47H28BN3O2. The van der Waals surface area contributed by atoms with E-state index >= 15 is 0 Å². The van der Waals surface area contributed by atoms with Gasteiger partial charge in [-0.1, -0.05) is 78.9 Å². The molecule has 0 amide bonds. The summed E-state index contributed by atoms with van der Waals surface area (Å²) in [6.07, 6.45) is 0. The van der Waals surface area contributed by atoms with E-state index in [4.69, 9.17) is 8.83 Å². The molecule has 13 rings (SSSR count). The lowest BCUT2D eigenvalue weighted by molar-refractivity contribution is 0.672. The Bertz CT molecular complexity index is 3330. The van der Waals surface area contributed by atoms with Crippen molar-refractivity contribution in [2.24, 2.45) is 0 Å². The highest BCUT2D eigenvalue weighted by atomic mass is 16.3. The summed E-state index contributed by atoms with van der Waals surface area (Å²) in [6, 6.07) is 54.5. The van der Waals surface area contributed by atoms with Crippen molar-refractivity contribution >= 4 is 106 Å². The van der Waals surface area contributed by atoms with Crippen LogP contribution >= 0.6 is 0 Å². The molecule has 6 heteroatoms. The number of furan rings is 2. The normalized spacial score (nSPS) is 13.0. The van der Waals surface area contributed by atoms with Crippen LogP contribution in [-0.4, -0.2) is 15.8 Å². The van der Waals surface area contributed by atoms with Gasteiger partial charge in [0.25, 0.3) is 6.71 Å². The van der Waals surface area contributed by atoms with E-state index in [9.17, 15) is 0 Å². The maximum atomic E-state index is 6.99. The van der Waals surface area contributed by atoms with Crippen LogP contribution in [0.15, 0.2) is 160 Å². The number of nitrogens with zero attached hydrogens (tertiary/aromatic N) is 3. The number of benzene rings is 7. The van der Waals surface area contributed by atoms with Gasteiger partial charge < -0.3 is 22.9 Å². The van der Waals surface area contributed by atoms with E-state index in [-0.39, 0.29) is 6.71 Å². The van der Waals surface area contributed by atoms with Gasteiger partial charge in [-0.05, 0) is 102 Å². The van der Waals surface area contributed by atoms with Crippen molar-refractivity contribution in [1.29, 1.82) is 0 Å². The standard InChI is InChI=1S/C47H28BN3O2/c1-27-25-36-41-37(26-27)51-44-31-18-9-11-22-39(31)53-47(44)40-35(49(28-13-4-2-5-14-28)29-15-6-3-7-16-29)24-23-34(45(40)51)48(41)33-20-12-19-32-42(33)50(36)43-30-17-8-10-21-38(30)52-46(32)43/h2-26H,1H3. The predicted molar refractivity (Wildman–Crippen MR) is 219 cm³/mol. The first-order chi connectivity index (χ1) is 26.2. The molecule has 0 radical (unpaired) electrons. The van der Waals surface area contributed by atoms with Crippen molar-refractivity contribution in [1.82, 2.24) is 9.13 Å². The van der Waals surface area contributed by atoms with E-state index in [1.165, 1.54) is 44.4 Å². The summed E-state index contributed by atoms with van der Waals surface area (Å²) in [5, 5.41) is 4.50. The third-order valence-electron chi connectivity index (χ3n) is 11.7. The lowest BCUT2D eigenvalue weighted by atomic mass is 9.34. The van der Waals surface area contributed by atoms with Crippen molar-refractivity contribution in [3.63, 3.8) is 0 Å². The zero-order valence-corrected chi connectivity index (χ0v) is 28.7. The van der Waals surface area contributed by atoms with Gasteiger partial charge in [-0.2, -0.15) is 0 Å². The summed E-state index contributed by atoms with van der Waals surface area (Å²) in [6.45, 7) is 2.24. The highest BCUT2D eigenvalue weighted by molar-refractivity contribution is 7.00. The smallest absolute Gasteiger partial charge is 0.252 e. The van der Waals surface area contributed by atoms with Crippen LogP contribution in [0.3, 0.4) is 0 Å². The van der Waals surface area contributed by atoms with Crippen molar-refractivity contribution in [2.45, 2.75) is 6.92 Å². The van der Waals surface area contributed by atoms with Crippen LogP contribution < -0.4 is 21.3 Å².